The standard InChI is InChI=1S/C8H7FN4O/c9-6-1-2-7(10-3-6)11-4-8-12-5-14-13-8/h1-3,5H,4H2,(H,10,11). The smallest absolute Gasteiger partial charge is 0.213 e. The summed E-state index contributed by atoms with van der Waals surface area (Å²) in [5, 5.41) is 6.51. The highest BCUT2D eigenvalue weighted by molar-refractivity contribution is 5.33. The molecule has 0 bridgehead atoms. The Morgan fingerprint density at radius 1 is 1.36 bits per heavy atom. The highest BCUT2D eigenvalue weighted by atomic mass is 19.1. The SMILES string of the molecule is Fc1ccc(NCc2ncon2)nc1. The van der Waals surface area contributed by atoms with Gasteiger partial charge in [-0.15, -0.1) is 0 Å². The first-order chi connectivity index (χ1) is 6.84. The third-order valence-corrected chi connectivity index (χ3v) is 1.56. The van der Waals surface area contributed by atoms with Crippen molar-refractivity contribution < 1.29 is 8.91 Å². The molecule has 0 aliphatic carbocycles. The number of nitrogens with one attached hydrogen (secondary N) is 1. The summed E-state index contributed by atoms with van der Waals surface area (Å²) in [6, 6.07) is 2.86. The maximum absolute atomic E-state index is 12.5. The van der Waals surface area contributed by atoms with Crippen molar-refractivity contribution in [3.05, 3.63) is 36.4 Å². The zero-order chi connectivity index (χ0) is 9.80. The van der Waals surface area contributed by atoms with E-state index in [4.69, 9.17) is 0 Å². The van der Waals surface area contributed by atoms with Crippen LogP contribution in [0.25, 0.3) is 0 Å². The maximum atomic E-state index is 12.5. The van der Waals surface area contributed by atoms with E-state index < -0.39 is 0 Å². The second-order valence-corrected chi connectivity index (χ2v) is 2.56. The van der Waals surface area contributed by atoms with Crippen molar-refractivity contribution in [3.63, 3.8) is 0 Å². The van der Waals surface area contributed by atoms with Gasteiger partial charge in [0.05, 0.1) is 12.7 Å². The van der Waals surface area contributed by atoms with Crippen LogP contribution in [0, 0.1) is 5.82 Å². The van der Waals surface area contributed by atoms with Gasteiger partial charge in [-0.1, -0.05) is 5.16 Å². The minimum atomic E-state index is -0.366. The monoisotopic (exact) mass is 194 g/mol. The maximum Gasteiger partial charge on any atom is 0.213 e. The topological polar surface area (TPSA) is 63.8 Å². The zero-order valence-electron chi connectivity index (χ0n) is 7.14. The van der Waals surface area contributed by atoms with Crippen LogP contribution in [-0.2, 0) is 6.54 Å². The number of halogens is 1. The van der Waals surface area contributed by atoms with E-state index in [-0.39, 0.29) is 5.82 Å². The van der Waals surface area contributed by atoms with E-state index in [0.29, 0.717) is 18.2 Å². The molecule has 0 unspecified atom stereocenters. The molecule has 5 nitrogen and oxygen atoms in total. The van der Waals surface area contributed by atoms with Crippen molar-refractivity contribution in [1.29, 1.82) is 0 Å². The van der Waals surface area contributed by atoms with Crippen LogP contribution in [0.5, 0.6) is 0 Å². The lowest BCUT2D eigenvalue weighted by molar-refractivity contribution is 0.411. The molecule has 6 heteroatoms. The molecule has 2 aromatic heterocycles. The molecule has 14 heavy (non-hydrogen) atoms. The Bertz CT molecular complexity index is 386. The van der Waals surface area contributed by atoms with Crippen LogP contribution in [0.2, 0.25) is 0 Å². The Morgan fingerprint density at radius 2 is 2.29 bits per heavy atom. The van der Waals surface area contributed by atoms with Gasteiger partial charge in [0.1, 0.15) is 11.6 Å². The van der Waals surface area contributed by atoms with E-state index >= 15 is 0 Å². The lowest BCUT2D eigenvalue weighted by atomic mass is 10.4. The molecule has 0 spiro atoms. The molecule has 0 aromatic carbocycles. The van der Waals surface area contributed by atoms with Crippen molar-refractivity contribution in [1.82, 2.24) is 15.1 Å². The predicted molar refractivity (Wildman–Crippen MR) is 45.8 cm³/mol. The van der Waals surface area contributed by atoms with Crippen molar-refractivity contribution in [2.75, 3.05) is 5.32 Å². The van der Waals surface area contributed by atoms with Crippen LogP contribution in [0.1, 0.15) is 5.82 Å². The molecular formula is C8H7FN4O. The summed E-state index contributed by atoms with van der Waals surface area (Å²) in [6.07, 6.45) is 2.38. The quantitative estimate of drug-likeness (QED) is 0.795. The van der Waals surface area contributed by atoms with E-state index in [9.17, 15) is 4.39 Å². The van der Waals surface area contributed by atoms with E-state index in [2.05, 4.69) is 25.0 Å². The fourth-order valence-electron chi connectivity index (χ4n) is 0.920. The highest BCUT2D eigenvalue weighted by Crippen LogP contribution is 2.04. The minimum absolute atomic E-state index is 0.366. The fourth-order valence-corrected chi connectivity index (χ4v) is 0.920. The van der Waals surface area contributed by atoms with Crippen LogP contribution in [0.15, 0.2) is 29.2 Å². The summed E-state index contributed by atoms with van der Waals surface area (Å²) in [4.78, 5) is 7.61. The minimum Gasteiger partial charge on any atom is -0.363 e. The van der Waals surface area contributed by atoms with E-state index in [1.165, 1.54) is 18.5 Å². The van der Waals surface area contributed by atoms with Crippen LogP contribution in [0.4, 0.5) is 10.2 Å². The first-order valence-corrected chi connectivity index (χ1v) is 3.95. The Kier molecular flexibility index (Phi) is 2.35. The number of anilines is 1. The molecule has 0 fully saturated rings. The number of hydrogen-bond donors (Lipinski definition) is 1. The van der Waals surface area contributed by atoms with Crippen LogP contribution in [0.3, 0.4) is 0 Å². The number of pyridine rings is 1. The normalized spacial score (nSPS) is 10.1. The van der Waals surface area contributed by atoms with Crippen molar-refractivity contribution in [3.8, 4) is 0 Å². The molecule has 1 N–H and O–H groups in total. The molecule has 0 aliphatic rings. The summed E-state index contributed by atoms with van der Waals surface area (Å²) in [7, 11) is 0. The van der Waals surface area contributed by atoms with Gasteiger partial charge in [0.15, 0.2) is 5.82 Å². The average Bonchev–Trinajstić information content (AvgIpc) is 2.70. The van der Waals surface area contributed by atoms with Crippen LogP contribution in [-0.4, -0.2) is 15.1 Å². The van der Waals surface area contributed by atoms with Gasteiger partial charge in [-0.3, -0.25) is 0 Å². The van der Waals surface area contributed by atoms with Crippen molar-refractivity contribution in [2.45, 2.75) is 6.54 Å². The molecule has 0 saturated heterocycles. The van der Waals surface area contributed by atoms with Gasteiger partial charge in [0, 0.05) is 0 Å². The molecule has 0 saturated carbocycles. The zero-order valence-corrected chi connectivity index (χ0v) is 7.14. The lowest BCUT2D eigenvalue weighted by Crippen LogP contribution is -2.02. The Morgan fingerprint density at radius 3 is 2.93 bits per heavy atom. The molecule has 0 aliphatic heterocycles. The first kappa shape index (κ1) is 8.61. The van der Waals surface area contributed by atoms with Gasteiger partial charge in [0.25, 0.3) is 0 Å². The van der Waals surface area contributed by atoms with E-state index in [0.717, 1.165) is 6.20 Å². The lowest BCUT2D eigenvalue weighted by Gasteiger charge is -2.00. The molecule has 0 radical (unpaired) electrons. The number of rotatable bonds is 3. The van der Waals surface area contributed by atoms with Gasteiger partial charge in [-0.2, -0.15) is 4.98 Å². The molecule has 2 aromatic rings. The summed E-state index contributed by atoms with van der Waals surface area (Å²) < 4.78 is 17.0. The molecule has 0 amide bonds. The summed E-state index contributed by atoms with van der Waals surface area (Å²) in [5.41, 5.74) is 0. The van der Waals surface area contributed by atoms with Crippen LogP contribution >= 0.6 is 0 Å². The fraction of sp³-hybridized carbons (Fsp3) is 0.125. The summed E-state index contributed by atoms with van der Waals surface area (Å²) in [5.74, 6) is 0.724. The van der Waals surface area contributed by atoms with Crippen molar-refractivity contribution >= 4 is 5.82 Å². The average molecular weight is 194 g/mol. The van der Waals surface area contributed by atoms with Gasteiger partial charge >= 0.3 is 0 Å². The molecule has 2 rings (SSSR count). The Hall–Kier alpha value is -1.98. The van der Waals surface area contributed by atoms with E-state index in [1.54, 1.807) is 0 Å². The predicted octanol–water partition coefficient (Wildman–Crippen LogP) is 1.22. The van der Waals surface area contributed by atoms with Gasteiger partial charge in [-0.05, 0) is 12.1 Å². The van der Waals surface area contributed by atoms with Gasteiger partial charge in [0.2, 0.25) is 6.39 Å². The molecule has 72 valence electrons. The molecular weight excluding hydrogens is 187 g/mol. The van der Waals surface area contributed by atoms with Crippen molar-refractivity contribution in [2.24, 2.45) is 0 Å². The molecule has 0 atom stereocenters. The summed E-state index contributed by atoms with van der Waals surface area (Å²) in [6.45, 7) is 0.398. The second-order valence-electron chi connectivity index (χ2n) is 2.56. The number of nitrogens with zero attached hydrogens (tertiary/aromatic N) is 3. The first-order valence-electron chi connectivity index (χ1n) is 3.95. The molecule has 2 heterocycles. The summed E-state index contributed by atoms with van der Waals surface area (Å²) >= 11 is 0. The Balaban J connectivity index is 1.95. The third-order valence-electron chi connectivity index (χ3n) is 1.56. The van der Waals surface area contributed by atoms with E-state index in [1.807, 2.05) is 0 Å². The third kappa shape index (κ3) is 2.03. The van der Waals surface area contributed by atoms with Gasteiger partial charge < -0.3 is 9.84 Å². The Labute approximate surface area is 79.0 Å². The number of hydrogen-bond acceptors (Lipinski definition) is 5. The van der Waals surface area contributed by atoms with Gasteiger partial charge in [-0.25, -0.2) is 9.37 Å². The van der Waals surface area contributed by atoms with Crippen LogP contribution < -0.4 is 5.32 Å². The largest absolute Gasteiger partial charge is 0.363 e. The highest BCUT2D eigenvalue weighted by Gasteiger charge is 1.98. The second kappa shape index (κ2) is 3.82. The number of aromatic nitrogens is 3.